The van der Waals surface area contributed by atoms with Gasteiger partial charge in [-0.15, -0.1) is 0 Å². The third-order valence-corrected chi connectivity index (χ3v) is 12.4. The van der Waals surface area contributed by atoms with Gasteiger partial charge in [-0.3, -0.25) is 9.13 Å². The Morgan fingerprint density at radius 1 is 0.510 bits per heavy atom. The molecule has 11 rings (SSSR count). The number of hydrogen-bond acceptors (Lipinski definition) is 1. The van der Waals surface area contributed by atoms with Crippen LogP contribution in [0.4, 0.5) is 0 Å². The highest BCUT2D eigenvalue weighted by molar-refractivity contribution is 6.10. The van der Waals surface area contributed by atoms with E-state index in [2.05, 4.69) is 149 Å². The molecular formula is C46H37N3. The lowest BCUT2D eigenvalue weighted by Crippen LogP contribution is -2.47. The van der Waals surface area contributed by atoms with Crippen LogP contribution in [0.15, 0.2) is 140 Å². The van der Waals surface area contributed by atoms with E-state index in [1.165, 1.54) is 82.6 Å². The fourth-order valence-corrected chi connectivity index (χ4v) is 10.6. The Morgan fingerprint density at radius 2 is 1.16 bits per heavy atom. The summed E-state index contributed by atoms with van der Waals surface area (Å²) in [6, 6.07) is 51.8. The fraction of sp³-hybridized carbons (Fsp3) is 0.196. The topological polar surface area (TPSA) is 22.8 Å². The summed E-state index contributed by atoms with van der Waals surface area (Å²) in [7, 11) is 0. The summed E-state index contributed by atoms with van der Waals surface area (Å²) in [5.74, 6) is 2.37. The Hall–Kier alpha value is -5.41. The van der Waals surface area contributed by atoms with Gasteiger partial charge >= 0.3 is 0 Å². The van der Waals surface area contributed by atoms with E-state index in [1.54, 1.807) is 11.1 Å². The van der Waals surface area contributed by atoms with E-state index < -0.39 is 0 Å². The minimum atomic E-state index is 0.151. The second-order valence-electron chi connectivity index (χ2n) is 14.6. The van der Waals surface area contributed by atoms with E-state index in [9.17, 15) is 0 Å². The van der Waals surface area contributed by atoms with E-state index >= 15 is 0 Å². The minimum Gasteiger partial charge on any atom is -0.279 e. The first-order valence-electron chi connectivity index (χ1n) is 18.1. The van der Waals surface area contributed by atoms with Crippen LogP contribution in [0.1, 0.15) is 49.7 Å². The van der Waals surface area contributed by atoms with E-state index in [-0.39, 0.29) is 5.41 Å². The van der Waals surface area contributed by atoms with Gasteiger partial charge in [-0.2, -0.15) is 0 Å². The van der Waals surface area contributed by atoms with Crippen molar-refractivity contribution in [3.63, 3.8) is 0 Å². The zero-order valence-corrected chi connectivity index (χ0v) is 27.5. The molecule has 0 saturated heterocycles. The summed E-state index contributed by atoms with van der Waals surface area (Å²) in [5, 5.41) is 2.49. The molecule has 49 heavy (non-hydrogen) atoms. The normalized spacial score (nSPS) is 21.1. The van der Waals surface area contributed by atoms with Crippen LogP contribution in [0.2, 0.25) is 0 Å². The first kappa shape index (κ1) is 27.5. The Balaban J connectivity index is 1.20. The maximum atomic E-state index is 5.34. The highest BCUT2D eigenvalue weighted by Gasteiger charge is 2.56. The van der Waals surface area contributed by atoms with Crippen molar-refractivity contribution in [2.75, 3.05) is 0 Å². The van der Waals surface area contributed by atoms with Gasteiger partial charge in [0.2, 0.25) is 5.95 Å². The second-order valence-corrected chi connectivity index (χ2v) is 14.6. The second kappa shape index (κ2) is 10.3. The van der Waals surface area contributed by atoms with Crippen LogP contribution < -0.4 is 0 Å². The molecule has 236 valence electrons. The van der Waals surface area contributed by atoms with Gasteiger partial charge in [0.05, 0.1) is 22.1 Å². The van der Waals surface area contributed by atoms with Crippen LogP contribution in [0.25, 0.3) is 66.7 Å². The number of rotatable bonds is 3. The van der Waals surface area contributed by atoms with E-state index in [4.69, 9.17) is 4.98 Å². The monoisotopic (exact) mass is 631 g/mol. The Morgan fingerprint density at radius 3 is 2.00 bits per heavy atom. The highest BCUT2D eigenvalue weighted by atomic mass is 15.2. The molecule has 0 atom stereocenters. The zero-order chi connectivity index (χ0) is 32.1. The first-order chi connectivity index (χ1) is 24.3. The molecule has 0 aliphatic heterocycles. The highest BCUT2D eigenvalue weighted by Crippen LogP contribution is 2.65. The molecule has 3 nitrogen and oxygen atoms in total. The lowest BCUT2D eigenvalue weighted by atomic mass is 9.51. The molecule has 2 fully saturated rings. The van der Waals surface area contributed by atoms with Crippen LogP contribution in [0.3, 0.4) is 0 Å². The van der Waals surface area contributed by atoms with Crippen molar-refractivity contribution in [1.29, 1.82) is 0 Å². The molecular weight excluding hydrogens is 595 g/mol. The summed E-state index contributed by atoms with van der Waals surface area (Å²) in [4.78, 5) is 5.34. The number of para-hydroxylation sites is 4. The van der Waals surface area contributed by atoms with E-state index in [0.717, 1.165) is 34.5 Å². The van der Waals surface area contributed by atoms with Crippen LogP contribution in [-0.2, 0) is 5.41 Å². The SMILES string of the molecule is c1ccc(-n2c(-n3c4ccccc4c4ccc(-c5cccc6c5-c5ccccc5C65C6CCCC5CCC6)cc43)nc3ccccc32)cc1. The van der Waals surface area contributed by atoms with Gasteiger partial charge in [-0.1, -0.05) is 116 Å². The van der Waals surface area contributed by atoms with Crippen molar-refractivity contribution in [2.45, 2.75) is 43.9 Å². The van der Waals surface area contributed by atoms with Crippen LogP contribution in [0.5, 0.6) is 0 Å². The molecule has 2 heterocycles. The average Bonchev–Trinajstić information content (AvgIpc) is 3.78. The number of nitrogens with zero attached hydrogens (tertiary/aromatic N) is 3. The lowest BCUT2D eigenvalue weighted by Gasteiger charge is -2.52. The maximum Gasteiger partial charge on any atom is 0.220 e. The van der Waals surface area contributed by atoms with Gasteiger partial charge in [-0.05, 0) is 107 Å². The number of imidazole rings is 1. The summed E-state index contributed by atoms with van der Waals surface area (Å²) < 4.78 is 4.71. The summed E-state index contributed by atoms with van der Waals surface area (Å²) in [6.07, 6.45) is 8.16. The van der Waals surface area contributed by atoms with Gasteiger partial charge < -0.3 is 0 Å². The molecule has 0 N–H and O–H groups in total. The largest absolute Gasteiger partial charge is 0.279 e. The van der Waals surface area contributed by atoms with Crippen molar-refractivity contribution in [1.82, 2.24) is 14.1 Å². The molecule has 2 saturated carbocycles. The van der Waals surface area contributed by atoms with Crippen LogP contribution in [-0.4, -0.2) is 14.1 Å². The summed E-state index contributed by atoms with van der Waals surface area (Å²) >= 11 is 0. The van der Waals surface area contributed by atoms with Crippen LogP contribution >= 0.6 is 0 Å². The zero-order valence-electron chi connectivity index (χ0n) is 27.5. The maximum absolute atomic E-state index is 5.34. The molecule has 2 aromatic heterocycles. The van der Waals surface area contributed by atoms with Crippen LogP contribution in [0, 0.1) is 11.8 Å². The molecule has 2 bridgehead atoms. The standard InChI is InChI=1S/C46H37N3/c1-2-17-33(18-3-1)48-42-26-9-7-24-40(42)47-45(48)49-41-25-8-5-19-35(41)36-28-27-30(29-43(36)49)34-21-12-23-39-44(34)37-20-4-6-22-38(37)46(39)31-13-10-14-32(46)16-11-15-31/h1-9,12,17-29,31-32H,10-11,13-16H2. The van der Waals surface area contributed by atoms with Gasteiger partial charge in [0.25, 0.3) is 0 Å². The van der Waals surface area contributed by atoms with Crippen molar-refractivity contribution >= 4 is 32.8 Å². The Labute approximate surface area is 286 Å². The van der Waals surface area contributed by atoms with Crippen molar-refractivity contribution < 1.29 is 0 Å². The predicted molar refractivity (Wildman–Crippen MR) is 202 cm³/mol. The fourth-order valence-electron chi connectivity index (χ4n) is 10.6. The Kier molecular flexibility index (Phi) is 5.78. The van der Waals surface area contributed by atoms with Gasteiger partial charge in [0.15, 0.2) is 0 Å². The third kappa shape index (κ3) is 3.65. The average molecular weight is 632 g/mol. The number of aromatic nitrogens is 3. The number of hydrogen-bond donors (Lipinski definition) is 0. The first-order valence-corrected chi connectivity index (χ1v) is 18.1. The third-order valence-electron chi connectivity index (χ3n) is 12.4. The molecule has 0 amide bonds. The van der Waals surface area contributed by atoms with Gasteiger partial charge in [-0.25, -0.2) is 4.98 Å². The summed E-state index contributed by atoms with van der Waals surface area (Å²) in [6.45, 7) is 0. The molecule has 3 heteroatoms. The van der Waals surface area contributed by atoms with Gasteiger partial charge in [0.1, 0.15) is 0 Å². The quantitative estimate of drug-likeness (QED) is 0.190. The molecule has 0 radical (unpaired) electrons. The molecule has 6 aromatic carbocycles. The summed E-state index contributed by atoms with van der Waals surface area (Å²) in [5.41, 5.74) is 14.4. The van der Waals surface area contributed by atoms with Crippen molar-refractivity contribution in [2.24, 2.45) is 11.8 Å². The van der Waals surface area contributed by atoms with E-state index in [1.807, 2.05) is 0 Å². The molecule has 8 aromatic rings. The number of benzene rings is 6. The molecule has 0 unspecified atom stereocenters. The van der Waals surface area contributed by atoms with Crippen molar-refractivity contribution in [3.8, 4) is 33.9 Å². The molecule has 1 spiro atoms. The lowest BCUT2D eigenvalue weighted by molar-refractivity contribution is 0.0873. The van der Waals surface area contributed by atoms with E-state index in [0.29, 0.717) is 0 Å². The smallest absolute Gasteiger partial charge is 0.220 e. The Bertz CT molecular complexity index is 2560. The van der Waals surface area contributed by atoms with Gasteiger partial charge in [0, 0.05) is 21.9 Å². The molecule has 3 aliphatic rings. The van der Waals surface area contributed by atoms with Crippen molar-refractivity contribution in [3.05, 3.63) is 151 Å². The predicted octanol–water partition coefficient (Wildman–Crippen LogP) is 11.7. The minimum absolute atomic E-state index is 0.151. The number of fused-ring (bicyclic) bond motifs is 7. The molecule has 3 aliphatic carbocycles.